The number of benzene rings is 2. The summed E-state index contributed by atoms with van der Waals surface area (Å²) in [4.78, 5) is 24.3. The zero-order valence-electron chi connectivity index (χ0n) is 9.21. The van der Waals surface area contributed by atoms with E-state index in [1.54, 1.807) is 24.3 Å². The number of carbonyl (C=O) groups excluding carboxylic acids is 2. The van der Waals surface area contributed by atoms with Gasteiger partial charge in [0.15, 0.2) is 11.6 Å². The van der Waals surface area contributed by atoms with E-state index < -0.39 is 0 Å². The molecule has 0 radical (unpaired) electrons. The molecule has 0 aliphatic heterocycles. The summed E-state index contributed by atoms with van der Waals surface area (Å²) >= 11 is 0. The van der Waals surface area contributed by atoms with Crippen molar-refractivity contribution >= 4 is 24.0 Å². The fourth-order valence-electron chi connectivity index (χ4n) is 2.09. The lowest BCUT2D eigenvalue weighted by Crippen LogP contribution is -2.20. The minimum absolute atomic E-state index is 0. The molecule has 1 aliphatic carbocycles. The maximum absolute atomic E-state index is 12.1. The van der Waals surface area contributed by atoms with Gasteiger partial charge >= 0.3 is 0 Å². The van der Waals surface area contributed by atoms with E-state index in [1.165, 1.54) is 18.2 Å². The first kappa shape index (κ1) is 12.3. The zero-order chi connectivity index (χ0) is 12.0. The first-order valence-electron chi connectivity index (χ1n) is 5.20. The molecule has 0 amide bonds. The smallest absolute Gasteiger partial charge is 0.194 e. The number of rotatable bonds is 0. The fourth-order valence-corrected chi connectivity index (χ4v) is 2.09. The van der Waals surface area contributed by atoms with Crippen LogP contribution in [-0.2, 0) is 0 Å². The first-order valence-corrected chi connectivity index (χ1v) is 5.20. The third-order valence-electron chi connectivity index (χ3n) is 2.91. The van der Waals surface area contributed by atoms with Gasteiger partial charge in [0.2, 0.25) is 0 Å². The molecule has 0 saturated heterocycles. The van der Waals surface area contributed by atoms with Crippen LogP contribution in [0.3, 0.4) is 0 Å². The average molecular weight is 261 g/mol. The first-order chi connectivity index (χ1) is 8.18. The molecular formula is C14H9ClO3. The van der Waals surface area contributed by atoms with Gasteiger partial charge in [0, 0.05) is 22.3 Å². The number of fused-ring (bicyclic) bond motifs is 2. The Bertz CT molecular complexity index is 662. The van der Waals surface area contributed by atoms with Crippen LogP contribution in [0.1, 0.15) is 31.8 Å². The maximum Gasteiger partial charge on any atom is 0.194 e. The molecule has 1 aliphatic rings. The molecule has 0 spiro atoms. The number of halogens is 1. The highest BCUT2D eigenvalue weighted by Gasteiger charge is 2.29. The van der Waals surface area contributed by atoms with E-state index in [9.17, 15) is 14.7 Å². The Morgan fingerprint density at radius 3 is 1.83 bits per heavy atom. The molecule has 0 fully saturated rings. The van der Waals surface area contributed by atoms with Crippen LogP contribution in [0.5, 0.6) is 5.75 Å². The Labute approximate surface area is 109 Å². The van der Waals surface area contributed by atoms with Crippen LogP contribution in [0.2, 0.25) is 0 Å². The van der Waals surface area contributed by atoms with Gasteiger partial charge in [-0.05, 0) is 18.2 Å². The van der Waals surface area contributed by atoms with Gasteiger partial charge in [0.05, 0.1) is 0 Å². The maximum atomic E-state index is 12.1. The van der Waals surface area contributed by atoms with Gasteiger partial charge in [-0.2, -0.15) is 0 Å². The third-order valence-corrected chi connectivity index (χ3v) is 2.91. The Morgan fingerprint density at radius 2 is 1.22 bits per heavy atom. The molecule has 90 valence electrons. The number of hydrogen-bond acceptors (Lipinski definition) is 3. The predicted octanol–water partition coefficient (Wildman–Crippen LogP) is 2.59. The van der Waals surface area contributed by atoms with Crippen molar-refractivity contribution in [2.45, 2.75) is 0 Å². The highest BCUT2D eigenvalue weighted by atomic mass is 35.5. The van der Waals surface area contributed by atoms with E-state index in [4.69, 9.17) is 0 Å². The van der Waals surface area contributed by atoms with Crippen LogP contribution >= 0.6 is 12.4 Å². The quantitative estimate of drug-likeness (QED) is 0.676. The van der Waals surface area contributed by atoms with Gasteiger partial charge in [-0.25, -0.2) is 0 Å². The molecule has 1 N–H and O–H groups in total. The molecular weight excluding hydrogens is 252 g/mol. The predicted molar refractivity (Wildman–Crippen MR) is 68.7 cm³/mol. The van der Waals surface area contributed by atoms with Crippen molar-refractivity contribution in [3.63, 3.8) is 0 Å². The second-order valence-electron chi connectivity index (χ2n) is 3.93. The topological polar surface area (TPSA) is 54.4 Å². The van der Waals surface area contributed by atoms with Crippen molar-refractivity contribution in [2.75, 3.05) is 0 Å². The Kier molecular flexibility index (Phi) is 2.93. The second kappa shape index (κ2) is 4.27. The lowest BCUT2D eigenvalue weighted by Gasteiger charge is -2.16. The summed E-state index contributed by atoms with van der Waals surface area (Å²) < 4.78 is 0. The number of phenolic OH excluding ortho intramolecular Hbond substituents is 1. The van der Waals surface area contributed by atoms with Crippen molar-refractivity contribution in [3.05, 3.63) is 64.7 Å². The number of ketones is 2. The van der Waals surface area contributed by atoms with E-state index in [0.717, 1.165) is 0 Å². The molecule has 0 aromatic heterocycles. The number of hydrogen-bond donors (Lipinski definition) is 1. The summed E-state index contributed by atoms with van der Waals surface area (Å²) in [5.41, 5.74) is 1.45. The molecule has 18 heavy (non-hydrogen) atoms. The van der Waals surface area contributed by atoms with Crippen LogP contribution in [0.15, 0.2) is 42.5 Å². The number of aromatic hydroxyl groups is 1. The van der Waals surface area contributed by atoms with Crippen molar-refractivity contribution in [3.8, 4) is 5.75 Å². The molecule has 0 bridgehead atoms. The van der Waals surface area contributed by atoms with Crippen LogP contribution in [0, 0.1) is 0 Å². The van der Waals surface area contributed by atoms with Gasteiger partial charge in [0.1, 0.15) is 5.75 Å². The summed E-state index contributed by atoms with van der Waals surface area (Å²) in [5, 5.41) is 9.38. The minimum atomic E-state index is -0.217. The molecule has 4 heteroatoms. The Hall–Kier alpha value is -2.13. The van der Waals surface area contributed by atoms with Gasteiger partial charge in [-0.15, -0.1) is 12.4 Å². The van der Waals surface area contributed by atoms with Gasteiger partial charge in [0.25, 0.3) is 0 Å². The van der Waals surface area contributed by atoms with E-state index in [1.807, 2.05) is 0 Å². The zero-order valence-corrected chi connectivity index (χ0v) is 10.0. The van der Waals surface area contributed by atoms with E-state index in [-0.39, 0.29) is 35.3 Å². The average Bonchev–Trinajstić information content (AvgIpc) is 2.36. The Balaban J connectivity index is 0.00000120. The molecule has 0 atom stereocenters. The molecule has 3 rings (SSSR count). The van der Waals surface area contributed by atoms with Crippen molar-refractivity contribution in [1.29, 1.82) is 0 Å². The lowest BCUT2D eigenvalue weighted by atomic mass is 9.84. The summed E-state index contributed by atoms with van der Waals surface area (Å²) in [6, 6.07) is 11.0. The lowest BCUT2D eigenvalue weighted by molar-refractivity contribution is 0.0979. The van der Waals surface area contributed by atoms with Gasteiger partial charge in [-0.1, -0.05) is 24.3 Å². The highest BCUT2D eigenvalue weighted by Crippen LogP contribution is 2.29. The van der Waals surface area contributed by atoms with E-state index in [2.05, 4.69) is 0 Å². The normalized spacial score (nSPS) is 12.4. The number of carbonyl (C=O) groups is 2. The van der Waals surface area contributed by atoms with Crippen LogP contribution < -0.4 is 0 Å². The molecule has 2 aromatic carbocycles. The minimum Gasteiger partial charge on any atom is -0.508 e. The molecule has 2 aromatic rings. The third kappa shape index (κ3) is 1.60. The number of phenols is 1. The standard InChI is InChI=1S/C14H8O3.ClH/c15-8-5-6-11-12(7-8)14(17)10-4-2-1-3-9(10)13(11)16;/h1-7,15H;1H. The molecule has 3 nitrogen and oxygen atoms in total. The van der Waals surface area contributed by atoms with Crippen LogP contribution in [0.25, 0.3) is 0 Å². The van der Waals surface area contributed by atoms with E-state index >= 15 is 0 Å². The summed E-state index contributed by atoms with van der Waals surface area (Å²) in [6.07, 6.45) is 0. The summed E-state index contributed by atoms with van der Waals surface area (Å²) in [7, 11) is 0. The van der Waals surface area contributed by atoms with Gasteiger partial charge in [-0.3, -0.25) is 9.59 Å². The SMILES string of the molecule is Cl.O=C1c2ccccc2C(=O)c2cc(O)ccc21. The molecule has 0 heterocycles. The van der Waals surface area contributed by atoms with Gasteiger partial charge < -0.3 is 5.11 Å². The molecule has 0 saturated carbocycles. The second-order valence-corrected chi connectivity index (χ2v) is 3.93. The summed E-state index contributed by atoms with van der Waals surface area (Å²) in [5.74, 6) is -0.398. The Morgan fingerprint density at radius 1 is 0.722 bits per heavy atom. The largest absolute Gasteiger partial charge is 0.508 e. The molecule has 0 unspecified atom stereocenters. The van der Waals surface area contributed by atoms with Crippen molar-refractivity contribution < 1.29 is 14.7 Å². The van der Waals surface area contributed by atoms with E-state index in [0.29, 0.717) is 16.7 Å². The van der Waals surface area contributed by atoms with Crippen LogP contribution in [0.4, 0.5) is 0 Å². The fraction of sp³-hybridized carbons (Fsp3) is 0. The monoisotopic (exact) mass is 260 g/mol. The van der Waals surface area contributed by atoms with Crippen molar-refractivity contribution in [1.82, 2.24) is 0 Å². The highest BCUT2D eigenvalue weighted by molar-refractivity contribution is 6.28. The van der Waals surface area contributed by atoms with Crippen LogP contribution in [-0.4, -0.2) is 16.7 Å². The van der Waals surface area contributed by atoms with Crippen molar-refractivity contribution in [2.24, 2.45) is 0 Å². The summed E-state index contributed by atoms with van der Waals surface area (Å²) in [6.45, 7) is 0.